The van der Waals surface area contributed by atoms with E-state index >= 15 is 0 Å². The third-order valence-electron chi connectivity index (χ3n) is 2.56. The Kier molecular flexibility index (Phi) is 4.15. The number of para-hydroxylation sites is 1. The average Bonchev–Trinajstić information content (AvgIpc) is 2.26. The van der Waals surface area contributed by atoms with Crippen LogP contribution in [0.4, 0.5) is 5.69 Å². The summed E-state index contributed by atoms with van der Waals surface area (Å²) in [5, 5.41) is 3.56. The van der Waals surface area contributed by atoms with E-state index in [-0.39, 0.29) is 51.4 Å². The molecule has 0 radical (unpaired) electrons. The summed E-state index contributed by atoms with van der Waals surface area (Å²) in [6.45, 7) is 0. The van der Waals surface area contributed by atoms with Gasteiger partial charge in [-0.2, -0.15) is 0 Å². The molecule has 0 saturated heterocycles. The molecule has 1 aromatic carbocycles. The SMILES string of the molecule is C1=CCC2Nc3ccccc3SC2=C1.[KH]. The van der Waals surface area contributed by atoms with Crippen molar-refractivity contribution < 1.29 is 0 Å². The zero-order valence-corrected chi connectivity index (χ0v) is 8.55. The topological polar surface area (TPSA) is 12.0 Å². The fourth-order valence-corrected chi connectivity index (χ4v) is 2.92. The second kappa shape index (κ2) is 5.21. The molecule has 0 bridgehead atoms. The average molecular weight is 241 g/mol. The molecular formula is C12H12KNS. The number of nitrogens with one attached hydrogen (secondary N) is 1. The van der Waals surface area contributed by atoms with E-state index in [0.717, 1.165) is 6.42 Å². The summed E-state index contributed by atoms with van der Waals surface area (Å²) in [4.78, 5) is 2.77. The van der Waals surface area contributed by atoms with Gasteiger partial charge in [0.25, 0.3) is 0 Å². The van der Waals surface area contributed by atoms with Gasteiger partial charge in [-0.1, -0.05) is 42.1 Å². The van der Waals surface area contributed by atoms with Crippen LogP contribution < -0.4 is 5.32 Å². The van der Waals surface area contributed by atoms with E-state index in [1.807, 2.05) is 11.8 Å². The third kappa shape index (κ3) is 2.43. The molecule has 1 aliphatic carbocycles. The maximum absolute atomic E-state index is 3.56. The Morgan fingerprint density at radius 2 is 2.13 bits per heavy atom. The molecule has 2 aliphatic rings. The molecule has 3 heteroatoms. The number of thioether (sulfide) groups is 1. The Balaban J connectivity index is 0.000000853. The van der Waals surface area contributed by atoms with Gasteiger partial charge in [-0.3, -0.25) is 0 Å². The molecule has 0 spiro atoms. The quantitative estimate of drug-likeness (QED) is 0.701. The molecule has 1 heterocycles. The summed E-state index contributed by atoms with van der Waals surface area (Å²) in [6, 6.07) is 8.99. The predicted molar refractivity (Wildman–Crippen MR) is 68.7 cm³/mol. The second-order valence-corrected chi connectivity index (χ2v) is 4.64. The standard InChI is InChI=1S/C12H11NS.K.H/c1-3-7-11-9(5-1)13-10-6-2-4-8-12(10)14-11;;/h1-5,7-8,10,13H,6H2;;. The summed E-state index contributed by atoms with van der Waals surface area (Å²) < 4.78 is 0. The molecule has 0 aromatic heterocycles. The van der Waals surface area contributed by atoms with Gasteiger partial charge in [-0.15, -0.1) is 0 Å². The molecule has 1 N–H and O–H groups in total. The van der Waals surface area contributed by atoms with Gasteiger partial charge in [-0.25, -0.2) is 0 Å². The van der Waals surface area contributed by atoms with Crippen LogP contribution in [0.15, 0.2) is 52.3 Å². The fraction of sp³-hybridized carbons (Fsp3) is 0.167. The number of hydrogen-bond donors (Lipinski definition) is 1. The van der Waals surface area contributed by atoms with Crippen LogP contribution in [0.1, 0.15) is 6.42 Å². The van der Waals surface area contributed by atoms with Crippen molar-refractivity contribution in [3.63, 3.8) is 0 Å². The molecule has 72 valence electrons. The van der Waals surface area contributed by atoms with E-state index in [2.05, 4.69) is 47.8 Å². The Bertz CT molecular complexity index is 425. The first-order valence-corrected chi connectivity index (χ1v) is 5.65. The summed E-state index contributed by atoms with van der Waals surface area (Å²) in [5.74, 6) is 0. The second-order valence-electron chi connectivity index (χ2n) is 3.53. The van der Waals surface area contributed by atoms with Crippen LogP contribution in [0.25, 0.3) is 0 Å². The van der Waals surface area contributed by atoms with Crippen molar-refractivity contribution >= 4 is 68.8 Å². The van der Waals surface area contributed by atoms with Gasteiger partial charge >= 0.3 is 51.4 Å². The molecular weight excluding hydrogens is 229 g/mol. The van der Waals surface area contributed by atoms with Crippen molar-refractivity contribution in [2.24, 2.45) is 0 Å². The first kappa shape index (κ1) is 12.0. The van der Waals surface area contributed by atoms with Gasteiger partial charge in [0, 0.05) is 15.5 Å². The maximum atomic E-state index is 3.56. The Morgan fingerprint density at radius 3 is 3.07 bits per heavy atom. The van der Waals surface area contributed by atoms with Crippen LogP contribution in [0.3, 0.4) is 0 Å². The van der Waals surface area contributed by atoms with E-state index in [9.17, 15) is 0 Å². The van der Waals surface area contributed by atoms with Gasteiger partial charge in [0.05, 0.1) is 6.04 Å². The number of anilines is 1. The molecule has 0 saturated carbocycles. The van der Waals surface area contributed by atoms with Gasteiger partial charge < -0.3 is 5.32 Å². The number of hydrogen-bond acceptors (Lipinski definition) is 2. The van der Waals surface area contributed by atoms with Crippen molar-refractivity contribution in [3.05, 3.63) is 47.4 Å². The fourth-order valence-electron chi connectivity index (χ4n) is 1.83. The first-order valence-electron chi connectivity index (χ1n) is 4.83. The number of rotatable bonds is 0. The van der Waals surface area contributed by atoms with Crippen LogP contribution in [-0.4, -0.2) is 57.4 Å². The molecule has 15 heavy (non-hydrogen) atoms. The molecule has 1 nitrogen and oxygen atoms in total. The molecule has 3 rings (SSSR count). The molecule has 1 aliphatic heterocycles. The molecule has 0 amide bonds. The molecule has 1 unspecified atom stereocenters. The minimum absolute atomic E-state index is 0. The van der Waals surface area contributed by atoms with E-state index in [1.165, 1.54) is 15.5 Å². The Labute approximate surface area is 137 Å². The molecule has 1 aromatic rings. The van der Waals surface area contributed by atoms with Gasteiger partial charge in [0.15, 0.2) is 0 Å². The van der Waals surface area contributed by atoms with Crippen molar-refractivity contribution in [1.29, 1.82) is 0 Å². The number of benzene rings is 1. The van der Waals surface area contributed by atoms with Crippen LogP contribution in [-0.2, 0) is 0 Å². The van der Waals surface area contributed by atoms with Crippen LogP contribution >= 0.6 is 11.8 Å². The van der Waals surface area contributed by atoms with Crippen molar-refractivity contribution in [3.8, 4) is 0 Å². The molecule has 0 fully saturated rings. The first-order chi connectivity index (χ1) is 6.93. The zero-order valence-electron chi connectivity index (χ0n) is 7.73. The van der Waals surface area contributed by atoms with Crippen molar-refractivity contribution in [2.45, 2.75) is 17.4 Å². The normalized spacial score (nSPS) is 21.6. The summed E-state index contributed by atoms with van der Waals surface area (Å²) in [5.41, 5.74) is 1.27. The minimum atomic E-state index is 0. The van der Waals surface area contributed by atoms with Crippen molar-refractivity contribution in [1.82, 2.24) is 0 Å². The van der Waals surface area contributed by atoms with Crippen LogP contribution in [0.2, 0.25) is 0 Å². The summed E-state index contributed by atoms with van der Waals surface area (Å²) in [6.07, 6.45) is 7.68. The zero-order chi connectivity index (χ0) is 9.38. The van der Waals surface area contributed by atoms with Gasteiger partial charge in [0.2, 0.25) is 0 Å². The molecule has 1 atom stereocenters. The monoisotopic (exact) mass is 241 g/mol. The van der Waals surface area contributed by atoms with E-state index in [1.54, 1.807) is 0 Å². The van der Waals surface area contributed by atoms with Gasteiger partial charge in [0.1, 0.15) is 0 Å². The van der Waals surface area contributed by atoms with Crippen LogP contribution in [0, 0.1) is 0 Å². The summed E-state index contributed by atoms with van der Waals surface area (Å²) >= 11 is 1.89. The van der Waals surface area contributed by atoms with Gasteiger partial charge in [-0.05, 0) is 18.6 Å². The number of fused-ring (bicyclic) bond motifs is 2. The van der Waals surface area contributed by atoms with E-state index in [4.69, 9.17) is 0 Å². The predicted octanol–water partition coefficient (Wildman–Crippen LogP) is 2.77. The summed E-state index contributed by atoms with van der Waals surface area (Å²) in [7, 11) is 0. The van der Waals surface area contributed by atoms with Crippen LogP contribution in [0.5, 0.6) is 0 Å². The van der Waals surface area contributed by atoms with Crippen molar-refractivity contribution in [2.75, 3.05) is 5.32 Å². The van der Waals surface area contributed by atoms with E-state index in [0.29, 0.717) is 6.04 Å². The number of allylic oxidation sites excluding steroid dienone is 2. The Hall–Kier alpha value is 0.486. The Morgan fingerprint density at radius 1 is 1.27 bits per heavy atom. The third-order valence-corrected chi connectivity index (χ3v) is 3.79. The van der Waals surface area contributed by atoms with E-state index < -0.39 is 0 Å².